The first-order chi connectivity index (χ1) is 9.56. The number of nitrogens with one attached hydrogen (secondary N) is 2. The monoisotopic (exact) mass is 277 g/mol. The molecular weight excluding hydrogens is 258 g/mol. The molecule has 0 bridgehead atoms. The van der Waals surface area contributed by atoms with Crippen LogP contribution >= 0.6 is 0 Å². The van der Waals surface area contributed by atoms with E-state index in [9.17, 15) is 9.59 Å². The zero-order valence-electron chi connectivity index (χ0n) is 11.7. The fraction of sp³-hybridized carbons (Fsp3) is 0.429. The van der Waals surface area contributed by atoms with E-state index in [1.807, 2.05) is 6.07 Å². The normalized spacial score (nSPS) is 14.8. The first kappa shape index (κ1) is 14.3. The predicted molar refractivity (Wildman–Crippen MR) is 78.1 cm³/mol. The maximum absolute atomic E-state index is 11.3. The Hall–Kier alpha value is -2.08. The smallest absolute Gasteiger partial charge is 0.221 e. The van der Waals surface area contributed by atoms with Crippen LogP contribution in [0.15, 0.2) is 18.2 Å². The summed E-state index contributed by atoms with van der Waals surface area (Å²) in [5, 5.41) is 5.57. The number of anilines is 3. The summed E-state index contributed by atoms with van der Waals surface area (Å²) < 4.78 is 5.34. The van der Waals surface area contributed by atoms with Gasteiger partial charge in [0.15, 0.2) is 0 Å². The average Bonchev–Trinajstić information content (AvgIpc) is 2.40. The molecule has 0 aliphatic carbocycles. The molecule has 20 heavy (non-hydrogen) atoms. The van der Waals surface area contributed by atoms with E-state index >= 15 is 0 Å². The fourth-order valence-electron chi connectivity index (χ4n) is 2.17. The second-order valence-corrected chi connectivity index (χ2v) is 4.69. The first-order valence-electron chi connectivity index (χ1n) is 6.58. The highest BCUT2D eigenvalue weighted by molar-refractivity contribution is 5.95. The van der Waals surface area contributed by atoms with Crippen LogP contribution in [-0.2, 0) is 14.3 Å². The van der Waals surface area contributed by atoms with Crippen molar-refractivity contribution in [1.82, 2.24) is 0 Å². The topological polar surface area (TPSA) is 70.7 Å². The number of rotatable bonds is 3. The minimum atomic E-state index is -0.120. The third kappa shape index (κ3) is 3.71. The van der Waals surface area contributed by atoms with Gasteiger partial charge in [-0.05, 0) is 18.2 Å². The Labute approximate surface area is 118 Å². The standard InChI is InChI=1S/C14H19N3O3/c1-10(18)15-12-3-4-13(16-11(2)19)14(9-12)17-5-7-20-8-6-17/h3-4,9H,5-8H2,1-2H3,(H,15,18)(H,16,19). The van der Waals surface area contributed by atoms with Gasteiger partial charge in [-0.25, -0.2) is 0 Å². The third-order valence-electron chi connectivity index (χ3n) is 2.98. The molecule has 2 N–H and O–H groups in total. The van der Waals surface area contributed by atoms with E-state index in [-0.39, 0.29) is 11.8 Å². The van der Waals surface area contributed by atoms with Crippen LogP contribution in [-0.4, -0.2) is 38.1 Å². The number of carbonyl (C=O) groups is 2. The van der Waals surface area contributed by atoms with E-state index < -0.39 is 0 Å². The SMILES string of the molecule is CC(=O)Nc1ccc(NC(C)=O)c(N2CCOCC2)c1. The van der Waals surface area contributed by atoms with Gasteiger partial charge in [0.2, 0.25) is 11.8 Å². The van der Waals surface area contributed by atoms with Crippen molar-refractivity contribution in [3.05, 3.63) is 18.2 Å². The molecule has 1 aliphatic heterocycles. The van der Waals surface area contributed by atoms with Gasteiger partial charge in [0, 0.05) is 32.6 Å². The number of ether oxygens (including phenoxy) is 1. The number of nitrogens with zero attached hydrogens (tertiary/aromatic N) is 1. The molecule has 0 radical (unpaired) electrons. The zero-order chi connectivity index (χ0) is 14.5. The van der Waals surface area contributed by atoms with E-state index in [1.165, 1.54) is 13.8 Å². The van der Waals surface area contributed by atoms with Crippen LogP contribution in [0.2, 0.25) is 0 Å². The number of hydrogen-bond donors (Lipinski definition) is 2. The minimum Gasteiger partial charge on any atom is -0.378 e. The molecule has 1 aromatic carbocycles. The second-order valence-electron chi connectivity index (χ2n) is 4.69. The second kappa shape index (κ2) is 6.38. The van der Waals surface area contributed by atoms with Crippen LogP contribution in [0.5, 0.6) is 0 Å². The summed E-state index contributed by atoms with van der Waals surface area (Å²) in [6.45, 7) is 5.78. The molecule has 1 aromatic rings. The Kier molecular flexibility index (Phi) is 4.57. The van der Waals surface area contributed by atoms with E-state index in [0.29, 0.717) is 18.9 Å². The van der Waals surface area contributed by atoms with Crippen LogP contribution in [0.1, 0.15) is 13.8 Å². The molecule has 1 fully saturated rings. The van der Waals surface area contributed by atoms with E-state index in [2.05, 4.69) is 15.5 Å². The molecular formula is C14H19N3O3. The van der Waals surface area contributed by atoms with Crippen molar-refractivity contribution in [2.24, 2.45) is 0 Å². The zero-order valence-corrected chi connectivity index (χ0v) is 11.7. The molecule has 1 heterocycles. The maximum atomic E-state index is 11.3. The van der Waals surface area contributed by atoms with Gasteiger partial charge in [-0.2, -0.15) is 0 Å². The first-order valence-corrected chi connectivity index (χ1v) is 6.58. The number of benzene rings is 1. The number of amides is 2. The summed E-state index contributed by atoms with van der Waals surface area (Å²) >= 11 is 0. The molecule has 2 amide bonds. The Balaban J connectivity index is 2.30. The minimum absolute atomic E-state index is 0.119. The molecule has 108 valence electrons. The van der Waals surface area contributed by atoms with Crippen LogP contribution in [0.3, 0.4) is 0 Å². The van der Waals surface area contributed by atoms with Crippen molar-refractivity contribution >= 4 is 28.9 Å². The summed E-state index contributed by atoms with van der Waals surface area (Å²) in [6.07, 6.45) is 0. The van der Waals surface area contributed by atoms with Gasteiger partial charge in [0.25, 0.3) is 0 Å². The van der Waals surface area contributed by atoms with Crippen LogP contribution in [0.25, 0.3) is 0 Å². The van der Waals surface area contributed by atoms with Gasteiger partial charge < -0.3 is 20.3 Å². The molecule has 0 spiro atoms. The van der Waals surface area contributed by atoms with Gasteiger partial charge in [-0.3, -0.25) is 9.59 Å². The average molecular weight is 277 g/mol. The van der Waals surface area contributed by atoms with E-state index in [0.717, 1.165) is 24.5 Å². The molecule has 0 unspecified atom stereocenters. The molecule has 6 heteroatoms. The summed E-state index contributed by atoms with van der Waals surface area (Å²) in [4.78, 5) is 24.6. The highest BCUT2D eigenvalue weighted by Gasteiger charge is 2.16. The van der Waals surface area contributed by atoms with Gasteiger partial charge >= 0.3 is 0 Å². The lowest BCUT2D eigenvalue weighted by Crippen LogP contribution is -2.36. The number of hydrogen-bond acceptors (Lipinski definition) is 4. The Bertz CT molecular complexity index is 510. The summed E-state index contributed by atoms with van der Waals surface area (Å²) in [6, 6.07) is 5.45. The lowest BCUT2D eigenvalue weighted by Gasteiger charge is -2.31. The Morgan fingerprint density at radius 1 is 1.10 bits per heavy atom. The predicted octanol–water partition coefficient (Wildman–Crippen LogP) is 1.44. The Morgan fingerprint density at radius 3 is 2.35 bits per heavy atom. The van der Waals surface area contributed by atoms with Gasteiger partial charge in [-0.1, -0.05) is 0 Å². The summed E-state index contributed by atoms with van der Waals surface area (Å²) in [5.41, 5.74) is 2.36. The van der Waals surface area contributed by atoms with Crippen molar-refractivity contribution in [3.8, 4) is 0 Å². The number of carbonyl (C=O) groups excluding carboxylic acids is 2. The van der Waals surface area contributed by atoms with Crippen molar-refractivity contribution in [1.29, 1.82) is 0 Å². The van der Waals surface area contributed by atoms with Crippen molar-refractivity contribution < 1.29 is 14.3 Å². The molecule has 6 nitrogen and oxygen atoms in total. The lowest BCUT2D eigenvalue weighted by atomic mass is 10.2. The molecule has 0 atom stereocenters. The van der Waals surface area contributed by atoms with Crippen LogP contribution < -0.4 is 15.5 Å². The molecule has 0 aromatic heterocycles. The fourth-order valence-corrected chi connectivity index (χ4v) is 2.17. The Morgan fingerprint density at radius 2 is 1.75 bits per heavy atom. The largest absolute Gasteiger partial charge is 0.378 e. The highest BCUT2D eigenvalue weighted by Crippen LogP contribution is 2.30. The van der Waals surface area contributed by atoms with Crippen LogP contribution in [0, 0.1) is 0 Å². The maximum Gasteiger partial charge on any atom is 0.221 e. The molecule has 1 saturated heterocycles. The van der Waals surface area contributed by atoms with Gasteiger partial charge in [0.1, 0.15) is 0 Å². The van der Waals surface area contributed by atoms with E-state index in [1.54, 1.807) is 12.1 Å². The van der Waals surface area contributed by atoms with Crippen molar-refractivity contribution in [2.75, 3.05) is 41.8 Å². The highest BCUT2D eigenvalue weighted by atomic mass is 16.5. The van der Waals surface area contributed by atoms with Crippen molar-refractivity contribution in [2.45, 2.75) is 13.8 Å². The summed E-state index contributed by atoms with van der Waals surface area (Å²) in [7, 11) is 0. The quantitative estimate of drug-likeness (QED) is 0.877. The van der Waals surface area contributed by atoms with Crippen molar-refractivity contribution in [3.63, 3.8) is 0 Å². The lowest BCUT2D eigenvalue weighted by molar-refractivity contribution is -0.115. The molecule has 1 aliphatic rings. The number of morpholine rings is 1. The molecule has 2 rings (SSSR count). The molecule has 0 saturated carbocycles. The van der Waals surface area contributed by atoms with E-state index in [4.69, 9.17) is 4.74 Å². The van der Waals surface area contributed by atoms with Gasteiger partial charge in [0.05, 0.1) is 24.6 Å². The summed E-state index contributed by atoms with van der Waals surface area (Å²) in [5.74, 6) is -0.239. The van der Waals surface area contributed by atoms with Crippen LogP contribution in [0.4, 0.5) is 17.1 Å². The third-order valence-corrected chi connectivity index (χ3v) is 2.98. The van der Waals surface area contributed by atoms with Gasteiger partial charge in [-0.15, -0.1) is 0 Å².